The van der Waals surface area contributed by atoms with Crippen LogP contribution in [-0.4, -0.2) is 74.7 Å². The number of carbonyl (C=O) groups is 6. The van der Waals surface area contributed by atoms with E-state index in [1.807, 2.05) is 27.7 Å². The smallest absolute Gasteiger partial charge is 0.323 e. The Morgan fingerprint density at radius 2 is 0.976 bits per heavy atom. The molecular weight excluding hydrogens is 544 g/mol. The molecule has 224 valence electrons. The molecule has 0 fully saturated rings. The van der Waals surface area contributed by atoms with Crippen molar-refractivity contribution in [1.29, 1.82) is 0 Å². The minimum absolute atomic E-state index is 0.107. The molecular formula is C30H36N4O8. The molecule has 2 aromatic carbocycles. The zero-order chi connectivity index (χ0) is 31.1. The van der Waals surface area contributed by atoms with Crippen LogP contribution in [0.3, 0.4) is 0 Å². The van der Waals surface area contributed by atoms with Crippen LogP contribution in [0.5, 0.6) is 0 Å². The number of fused-ring (bicyclic) bond motifs is 2. The van der Waals surface area contributed by atoms with E-state index in [1.54, 1.807) is 0 Å². The quantitative estimate of drug-likeness (QED) is 0.232. The fourth-order valence-electron chi connectivity index (χ4n) is 4.56. The van der Waals surface area contributed by atoms with Crippen molar-refractivity contribution < 1.29 is 38.2 Å². The van der Waals surface area contributed by atoms with E-state index in [4.69, 9.17) is 9.47 Å². The summed E-state index contributed by atoms with van der Waals surface area (Å²) in [5, 5.41) is 11.1. The van der Waals surface area contributed by atoms with Crippen molar-refractivity contribution in [1.82, 2.24) is 10.6 Å². The normalized spacial score (nSPS) is 13.6. The van der Waals surface area contributed by atoms with E-state index in [1.165, 1.54) is 50.6 Å². The monoisotopic (exact) mass is 580 g/mol. The number of hydrogen-bond acceptors (Lipinski definition) is 10. The summed E-state index contributed by atoms with van der Waals surface area (Å²) in [6.45, 7) is 6.91. The largest absolute Gasteiger partial charge is 0.468 e. The van der Waals surface area contributed by atoms with Crippen LogP contribution in [0, 0.1) is 11.8 Å². The maximum Gasteiger partial charge on any atom is 0.323 e. The van der Waals surface area contributed by atoms with Crippen molar-refractivity contribution in [3.8, 4) is 0 Å². The number of carbonyl (C=O) groups excluding carboxylic acids is 6. The van der Waals surface area contributed by atoms with Crippen molar-refractivity contribution in [3.05, 3.63) is 58.7 Å². The summed E-state index contributed by atoms with van der Waals surface area (Å²) in [5.74, 6) is -2.91. The standard InChI is InChI=1S/C30H36N4O8/c1-15(2)25(29(39)41-5)31-13-23(35)33-17-7-9-19-21(11-17)28(38)22-12-18(8-10-20(22)27(19)37)34-24(36)14-32-26(16(3)4)30(40)42-6/h7-12,15-16,25-26,31-32H,13-14H2,1-6H3,(H,33,35)(H,34,36)/t25-,26+. The van der Waals surface area contributed by atoms with Crippen LogP contribution >= 0.6 is 0 Å². The number of amides is 2. The highest BCUT2D eigenvalue weighted by atomic mass is 16.5. The lowest BCUT2D eigenvalue weighted by atomic mass is 9.83. The van der Waals surface area contributed by atoms with Crippen LogP contribution in [0.25, 0.3) is 0 Å². The fourth-order valence-corrected chi connectivity index (χ4v) is 4.56. The summed E-state index contributed by atoms with van der Waals surface area (Å²) in [6.07, 6.45) is 0. The van der Waals surface area contributed by atoms with Crippen molar-refractivity contribution in [2.45, 2.75) is 39.8 Å². The Hall–Kier alpha value is -4.42. The maximum atomic E-state index is 13.4. The van der Waals surface area contributed by atoms with Gasteiger partial charge in [-0.3, -0.25) is 39.4 Å². The Bertz CT molecular complexity index is 1300. The molecule has 12 heteroatoms. The van der Waals surface area contributed by atoms with Gasteiger partial charge in [0.25, 0.3) is 0 Å². The Morgan fingerprint density at radius 3 is 1.31 bits per heavy atom. The van der Waals surface area contributed by atoms with Gasteiger partial charge in [0.15, 0.2) is 11.6 Å². The first-order valence-electron chi connectivity index (χ1n) is 13.5. The van der Waals surface area contributed by atoms with Gasteiger partial charge in [-0.25, -0.2) is 0 Å². The second-order valence-corrected chi connectivity index (χ2v) is 10.5. The maximum absolute atomic E-state index is 13.4. The topological polar surface area (TPSA) is 169 Å². The summed E-state index contributed by atoms with van der Waals surface area (Å²) in [6, 6.07) is 7.49. The number of hydrogen-bond donors (Lipinski definition) is 4. The third-order valence-corrected chi connectivity index (χ3v) is 6.79. The van der Waals surface area contributed by atoms with Gasteiger partial charge in [0, 0.05) is 33.6 Å². The van der Waals surface area contributed by atoms with Crippen LogP contribution in [0.15, 0.2) is 36.4 Å². The predicted molar refractivity (Wildman–Crippen MR) is 154 cm³/mol. The first kappa shape index (κ1) is 32.1. The molecule has 0 spiro atoms. The Labute approximate surface area is 243 Å². The van der Waals surface area contributed by atoms with Crippen LogP contribution in [0.1, 0.15) is 59.5 Å². The number of nitrogens with one attached hydrogen (secondary N) is 4. The van der Waals surface area contributed by atoms with Gasteiger partial charge < -0.3 is 20.1 Å². The lowest BCUT2D eigenvalue weighted by molar-refractivity contribution is -0.145. The second kappa shape index (κ2) is 14.0. The third-order valence-electron chi connectivity index (χ3n) is 6.79. The van der Waals surface area contributed by atoms with Gasteiger partial charge in [-0.05, 0) is 48.2 Å². The zero-order valence-electron chi connectivity index (χ0n) is 24.5. The molecule has 0 aliphatic heterocycles. The summed E-state index contributed by atoms with van der Waals surface area (Å²) in [4.78, 5) is 75.5. The SMILES string of the molecule is COC(=O)[C@@H](NCC(=O)Nc1ccc2c(c1)C(=O)c1cc(NC(=O)CN[C@@H](C(=O)OC)C(C)C)ccc1C2=O)C(C)C. The average Bonchev–Trinajstić information content (AvgIpc) is 2.95. The molecule has 0 radical (unpaired) electrons. The number of esters is 2. The lowest BCUT2D eigenvalue weighted by Gasteiger charge is -2.21. The number of anilines is 2. The Balaban J connectivity index is 1.72. The van der Waals surface area contributed by atoms with Gasteiger partial charge >= 0.3 is 11.9 Å². The molecule has 12 nitrogen and oxygen atoms in total. The van der Waals surface area contributed by atoms with E-state index < -0.39 is 41.6 Å². The molecule has 0 aromatic heterocycles. The fraction of sp³-hybridized carbons (Fsp3) is 0.400. The third kappa shape index (κ3) is 7.45. The number of ketones is 2. The number of methoxy groups -OCH3 is 2. The molecule has 1 aliphatic carbocycles. The molecule has 3 rings (SSSR count). The average molecular weight is 581 g/mol. The molecule has 2 amide bonds. The van der Waals surface area contributed by atoms with Gasteiger partial charge in [-0.15, -0.1) is 0 Å². The minimum Gasteiger partial charge on any atom is -0.468 e. The van der Waals surface area contributed by atoms with E-state index in [0.29, 0.717) is 11.4 Å². The van der Waals surface area contributed by atoms with Gasteiger partial charge in [0.05, 0.1) is 27.3 Å². The van der Waals surface area contributed by atoms with E-state index in [9.17, 15) is 28.8 Å². The summed E-state index contributed by atoms with van der Waals surface area (Å²) in [5.41, 5.74) is 1.19. The summed E-state index contributed by atoms with van der Waals surface area (Å²) < 4.78 is 9.53. The molecule has 0 saturated heterocycles. The molecule has 42 heavy (non-hydrogen) atoms. The van der Waals surface area contributed by atoms with E-state index in [2.05, 4.69) is 21.3 Å². The number of ether oxygens (including phenoxy) is 2. The van der Waals surface area contributed by atoms with Crippen LogP contribution in [-0.2, 0) is 28.7 Å². The summed E-state index contributed by atoms with van der Waals surface area (Å²) in [7, 11) is 2.54. The van der Waals surface area contributed by atoms with Gasteiger partial charge in [-0.1, -0.05) is 27.7 Å². The number of rotatable bonds is 12. The highest BCUT2D eigenvalue weighted by molar-refractivity contribution is 6.29. The van der Waals surface area contributed by atoms with Crippen molar-refractivity contribution in [3.63, 3.8) is 0 Å². The minimum atomic E-state index is -0.671. The zero-order valence-corrected chi connectivity index (χ0v) is 24.5. The lowest BCUT2D eigenvalue weighted by Crippen LogP contribution is -2.45. The predicted octanol–water partition coefficient (Wildman–Crippen LogP) is 1.91. The molecule has 1 aliphatic rings. The van der Waals surface area contributed by atoms with Gasteiger partial charge in [0.2, 0.25) is 11.8 Å². The van der Waals surface area contributed by atoms with Crippen LogP contribution in [0.2, 0.25) is 0 Å². The highest BCUT2D eigenvalue weighted by Crippen LogP contribution is 2.31. The second-order valence-electron chi connectivity index (χ2n) is 10.5. The van der Waals surface area contributed by atoms with E-state index in [0.717, 1.165) is 0 Å². The van der Waals surface area contributed by atoms with Crippen LogP contribution in [0.4, 0.5) is 11.4 Å². The molecule has 0 bridgehead atoms. The first-order valence-corrected chi connectivity index (χ1v) is 13.5. The Kier molecular flexibility index (Phi) is 10.7. The molecule has 0 unspecified atom stereocenters. The molecule has 0 saturated carbocycles. The van der Waals surface area contributed by atoms with Gasteiger partial charge in [0.1, 0.15) is 12.1 Å². The first-order chi connectivity index (χ1) is 19.9. The van der Waals surface area contributed by atoms with Crippen molar-refractivity contribution in [2.75, 3.05) is 37.9 Å². The van der Waals surface area contributed by atoms with E-state index in [-0.39, 0.29) is 53.0 Å². The Morgan fingerprint density at radius 1 is 0.619 bits per heavy atom. The molecule has 0 heterocycles. The highest BCUT2D eigenvalue weighted by Gasteiger charge is 2.31. The number of benzene rings is 2. The van der Waals surface area contributed by atoms with Crippen LogP contribution < -0.4 is 21.3 Å². The molecule has 2 aromatic rings. The molecule has 2 atom stereocenters. The summed E-state index contributed by atoms with van der Waals surface area (Å²) >= 11 is 0. The molecule has 4 N–H and O–H groups in total. The van der Waals surface area contributed by atoms with Crippen molar-refractivity contribution in [2.24, 2.45) is 11.8 Å². The van der Waals surface area contributed by atoms with Gasteiger partial charge in [-0.2, -0.15) is 0 Å². The van der Waals surface area contributed by atoms with Crippen molar-refractivity contribution >= 4 is 46.7 Å². The van der Waals surface area contributed by atoms with E-state index >= 15 is 0 Å².